The molecule has 0 fully saturated rings. The summed E-state index contributed by atoms with van der Waals surface area (Å²) in [5, 5.41) is 14.7. The van der Waals surface area contributed by atoms with Crippen LogP contribution in [0.25, 0.3) is 33.3 Å². The van der Waals surface area contributed by atoms with Gasteiger partial charge in [-0.3, -0.25) is 3.97 Å². The number of aromatic nitrogens is 1. The molecule has 5 rings (SSSR count). The molecular formula is C25H16ClN2PS2. The van der Waals surface area contributed by atoms with Gasteiger partial charge >= 0.3 is 0 Å². The number of fused-ring (bicyclic) bond motifs is 1. The smallest absolute Gasteiger partial charge is 0.112 e. The van der Waals surface area contributed by atoms with Gasteiger partial charge in [-0.2, -0.15) is 5.26 Å². The van der Waals surface area contributed by atoms with Crippen molar-refractivity contribution in [1.82, 2.24) is 3.97 Å². The van der Waals surface area contributed by atoms with E-state index < -0.39 is 0 Å². The predicted molar refractivity (Wildman–Crippen MR) is 137 cm³/mol. The molecule has 0 aliphatic rings. The number of halogens is 1. The lowest BCUT2D eigenvalue weighted by Gasteiger charge is -2.12. The first-order valence-electron chi connectivity index (χ1n) is 9.57. The topological polar surface area (TPSA) is 28.7 Å². The Balaban J connectivity index is 1.85. The van der Waals surface area contributed by atoms with E-state index in [9.17, 15) is 5.26 Å². The van der Waals surface area contributed by atoms with Gasteiger partial charge in [0.25, 0.3) is 0 Å². The van der Waals surface area contributed by atoms with Crippen LogP contribution in [-0.2, 0) is 0 Å². The van der Waals surface area contributed by atoms with Crippen LogP contribution < -0.4 is 5.30 Å². The highest BCUT2D eigenvalue weighted by Crippen LogP contribution is 2.46. The number of benzene rings is 3. The van der Waals surface area contributed by atoms with Gasteiger partial charge in [0.2, 0.25) is 0 Å². The number of thiophene rings is 1. The van der Waals surface area contributed by atoms with Crippen LogP contribution in [0.2, 0.25) is 5.02 Å². The van der Waals surface area contributed by atoms with E-state index in [1.54, 1.807) is 11.9 Å². The van der Waals surface area contributed by atoms with Gasteiger partial charge in [-0.25, -0.2) is 0 Å². The molecule has 6 heteroatoms. The second-order valence-corrected chi connectivity index (χ2v) is 10.0. The zero-order valence-corrected chi connectivity index (χ0v) is 19.8. The summed E-state index contributed by atoms with van der Waals surface area (Å²) >= 11 is 9.24. The zero-order chi connectivity index (χ0) is 21.4. The third kappa shape index (κ3) is 3.80. The molecule has 0 amide bonds. The Hall–Kier alpha value is -2.54. The number of nitriles is 1. The molecule has 0 radical (unpaired) electrons. The summed E-state index contributed by atoms with van der Waals surface area (Å²) in [5.74, 6) is 0. The second kappa shape index (κ2) is 8.54. The standard InChI is InChI=1S/C25H16ClN2PS2/c26-17-7-11-19(12-8-17)31-28-22-4-2-1-3-20(22)24(21-13-14-30-23(21)15-27)25(28)16-5-9-18(29)10-6-16/h1-14H,29H2. The van der Waals surface area contributed by atoms with Crippen LogP contribution in [-0.4, -0.2) is 3.97 Å². The molecule has 0 saturated heterocycles. The molecule has 0 bridgehead atoms. The van der Waals surface area contributed by atoms with Gasteiger partial charge in [0.05, 0.1) is 11.2 Å². The quantitative estimate of drug-likeness (QED) is 0.251. The number of rotatable bonds is 4. The van der Waals surface area contributed by atoms with Crippen molar-refractivity contribution in [2.75, 3.05) is 0 Å². The summed E-state index contributed by atoms with van der Waals surface area (Å²) in [5.41, 5.74) is 5.36. The molecule has 2 nitrogen and oxygen atoms in total. The zero-order valence-electron chi connectivity index (χ0n) is 16.2. The molecule has 150 valence electrons. The van der Waals surface area contributed by atoms with E-state index in [4.69, 9.17) is 11.6 Å². The average Bonchev–Trinajstić information content (AvgIpc) is 3.38. The molecule has 2 heterocycles. The summed E-state index contributed by atoms with van der Waals surface area (Å²) in [6, 6.07) is 29.1. The lowest BCUT2D eigenvalue weighted by atomic mass is 9.99. The Labute approximate surface area is 196 Å². The molecule has 5 aromatic rings. The molecule has 2 aromatic heterocycles. The minimum atomic E-state index is 0.718. The van der Waals surface area contributed by atoms with Crippen molar-refractivity contribution in [1.29, 1.82) is 5.26 Å². The summed E-state index contributed by atoms with van der Waals surface area (Å²) in [6.45, 7) is 0. The van der Waals surface area contributed by atoms with Crippen LogP contribution in [0.5, 0.6) is 0 Å². The van der Waals surface area contributed by atoms with Gasteiger partial charge < -0.3 is 0 Å². The van der Waals surface area contributed by atoms with Gasteiger partial charge in [-0.15, -0.1) is 20.6 Å². The fourth-order valence-corrected chi connectivity index (χ4v) is 5.70. The van der Waals surface area contributed by atoms with E-state index >= 15 is 0 Å². The van der Waals surface area contributed by atoms with Crippen molar-refractivity contribution in [2.45, 2.75) is 4.90 Å². The molecular weight excluding hydrogens is 459 g/mol. The van der Waals surface area contributed by atoms with E-state index in [0.717, 1.165) is 53.4 Å². The van der Waals surface area contributed by atoms with Gasteiger partial charge in [0, 0.05) is 26.4 Å². The van der Waals surface area contributed by atoms with Crippen molar-refractivity contribution in [3.8, 4) is 28.5 Å². The fourth-order valence-electron chi connectivity index (χ4n) is 3.68. The summed E-state index contributed by atoms with van der Waals surface area (Å²) in [7, 11) is 2.74. The highest BCUT2D eigenvalue weighted by Gasteiger charge is 2.23. The molecule has 31 heavy (non-hydrogen) atoms. The number of hydrogen-bond donors (Lipinski definition) is 0. The lowest BCUT2D eigenvalue weighted by molar-refractivity contribution is 1.32. The first-order chi connectivity index (χ1) is 15.2. The molecule has 0 N–H and O–H groups in total. The Morgan fingerprint density at radius 3 is 2.42 bits per heavy atom. The summed E-state index contributed by atoms with van der Waals surface area (Å²) < 4.78 is 2.27. The van der Waals surface area contributed by atoms with Crippen LogP contribution in [0.15, 0.2) is 89.1 Å². The average molecular weight is 475 g/mol. The largest absolute Gasteiger partial charge is 0.279 e. The van der Waals surface area contributed by atoms with Gasteiger partial charge in [-0.05, 0) is 64.6 Å². The Kier molecular flexibility index (Phi) is 5.61. The molecule has 1 atom stereocenters. The maximum atomic E-state index is 9.74. The Morgan fingerprint density at radius 1 is 0.935 bits per heavy atom. The SMILES string of the molecule is N#Cc1sccc1-c1c(-c2ccc(P)cc2)n(Sc2ccc(Cl)cc2)c2ccccc12. The third-order valence-corrected chi connectivity index (χ3v) is 7.56. The van der Waals surface area contributed by atoms with E-state index in [-0.39, 0.29) is 0 Å². The van der Waals surface area contributed by atoms with E-state index in [1.165, 1.54) is 11.3 Å². The molecule has 0 aliphatic heterocycles. The lowest BCUT2D eigenvalue weighted by Crippen LogP contribution is -1.95. The second-order valence-electron chi connectivity index (χ2n) is 6.98. The van der Waals surface area contributed by atoms with Crippen LogP contribution in [0.3, 0.4) is 0 Å². The van der Waals surface area contributed by atoms with E-state index in [1.807, 2.05) is 29.6 Å². The van der Waals surface area contributed by atoms with Gasteiger partial charge in [-0.1, -0.05) is 54.1 Å². The molecule has 1 unspecified atom stereocenters. The van der Waals surface area contributed by atoms with Crippen LogP contribution >= 0.6 is 44.1 Å². The number of hydrogen-bond acceptors (Lipinski definition) is 3. The molecule has 3 aromatic carbocycles. The highest BCUT2D eigenvalue weighted by atomic mass is 35.5. The van der Waals surface area contributed by atoms with Gasteiger partial charge in [0.1, 0.15) is 10.9 Å². The van der Waals surface area contributed by atoms with E-state index in [0.29, 0.717) is 0 Å². The van der Waals surface area contributed by atoms with Crippen molar-refractivity contribution < 1.29 is 0 Å². The monoisotopic (exact) mass is 474 g/mol. The van der Waals surface area contributed by atoms with Crippen LogP contribution in [0, 0.1) is 11.3 Å². The Morgan fingerprint density at radius 2 is 1.68 bits per heavy atom. The first kappa shape index (κ1) is 20.4. The third-order valence-electron chi connectivity index (χ3n) is 5.06. The normalized spacial score (nSPS) is 11.0. The first-order valence-corrected chi connectivity index (χ1v) is 12.2. The van der Waals surface area contributed by atoms with Crippen LogP contribution in [0.4, 0.5) is 0 Å². The predicted octanol–water partition coefficient (Wildman–Crippen LogP) is 7.62. The van der Waals surface area contributed by atoms with Crippen molar-refractivity contribution >= 4 is 60.3 Å². The minimum absolute atomic E-state index is 0.718. The van der Waals surface area contributed by atoms with Crippen LogP contribution in [0.1, 0.15) is 4.88 Å². The fraction of sp³-hybridized carbons (Fsp3) is 0. The molecule has 0 aliphatic carbocycles. The summed E-state index contributed by atoms with van der Waals surface area (Å²) in [4.78, 5) is 1.81. The van der Waals surface area contributed by atoms with Crippen molar-refractivity contribution in [2.24, 2.45) is 0 Å². The maximum absolute atomic E-state index is 9.74. The Bertz CT molecular complexity index is 1430. The maximum Gasteiger partial charge on any atom is 0.112 e. The highest BCUT2D eigenvalue weighted by molar-refractivity contribution is 7.98. The van der Waals surface area contributed by atoms with E-state index in [2.05, 4.69) is 73.9 Å². The number of para-hydroxylation sites is 1. The minimum Gasteiger partial charge on any atom is -0.279 e. The van der Waals surface area contributed by atoms with Crippen molar-refractivity contribution in [3.63, 3.8) is 0 Å². The molecule has 0 saturated carbocycles. The molecule has 0 spiro atoms. The number of nitrogens with zero attached hydrogens (tertiary/aromatic N) is 2. The summed E-state index contributed by atoms with van der Waals surface area (Å²) in [6.07, 6.45) is 0. The van der Waals surface area contributed by atoms with Gasteiger partial charge in [0.15, 0.2) is 0 Å². The van der Waals surface area contributed by atoms with Crippen molar-refractivity contribution in [3.05, 3.63) is 94.1 Å².